The first kappa shape index (κ1) is 20.4. The Bertz CT molecular complexity index is 1050. The Balaban J connectivity index is 1.89. The predicted octanol–water partition coefficient (Wildman–Crippen LogP) is 3.58. The van der Waals surface area contributed by atoms with E-state index >= 15 is 0 Å². The van der Waals surface area contributed by atoms with Crippen LogP contribution in [0.25, 0.3) is 11.4 Å². The van der Waals surface area contributed by atoms with Crippen molar-refractivity contribution in [2.75, 3.05) is 7.11 Å². The number of aromatic nitrogens is 3. The number of pyridine rings is 1. The van der Waals surface area contributed by atoms with Crippen LogP contribution < -0.4 is 9.46 Å². The molecule has 0 aliphatic carbocycles. The van der Waals surface area contributed by atoms with Gasteiger partial charge >= 0.3 is 0 Å². The van der Waals surface area contributed by atoms with Crippen LogP contribution in [0.1, 0.15) is 25.8 Å². The molecule has 1 N–H and O–H groups in total. The van der Waals surface area contributed by atoms with Gasteiger partial charge in [-0.15, -0.1) is 0 Å². The first-order valence-corrected chi connectivity index (χ1v) is 10.7. The normalized spacial score (nSPS) is 12.9. The van der Waals surface area contributed by atoms with Gasteiger partial charge in [-0.25, -0.2) is 8.42 Å². The van der Waals surface area contributed by atoms with Crippen LogP contribution in [-0.2, 0) is 10.0 Å². The third-order valence-electron chi connectivity index (χ3n) is 4.03. The summed E-state index contributed by atoms with van der Waals surface area (Å²) < 4.78 is 39.4. The molecule has 0 aliphatic heterocycles. The van der Waals surface area contributed by atoms with Gasteiger partial charge in [0.15, 0.2) is 0 Å². The van der Waals surface area contributed by atoms with Crippen molar-refractivity contribution in [2.24, 2.45) is 5.92 Å². The number of nitrogens with zero attached hydrogens (tertiary/aromatic N) is 3. The topological polar surface area (TPSA) is 107 Å². The lowest BCUT2D eigenvalue weighted by atomic mass is 10.1. The number of hydrogen-bond donors (Lipinski definition) is 1. The zero-order chi connectivity index (χ0) is 20.3. The molecule has 0 amide bonds. The van der Waals surface area contributed by atoms with Gasteiger partial charge in [-0.3, -0.25) is 4.98 Å². The molecule has 2 aromatic heterocycles. The van der Waals surface area contributed by atoms with Crippen LogP contribution in [0.4, 0.5) is 0 Å². The van der Waals surface area contributed by atoms with E-state index in [2.05, 4.69) is 35.8 Å². The summed E-state index contributed by atoms with van der Waals surface area (Å²) in [5.41, 5.74) is 0.731. The van der Waals surface area contributed by atoms with Gasteiger partial charge in [0.05, 0.1) is 16.5 Å². The minimum absolute atomic E-state index is 0.0969. The Hall–Kier alpha value is -2.30. The van der Waals surface area contributed by atoms with E-state index in [0.717, 1.165) is 5.56 Å². The summed E-state index contributed by atoms with van der Waals surface area (Å²) in [4.78, 5) is 8.41. The van der Waals surface area contributed by atoms with Gasteiger partial charge < -0.3 is 9.26 Å². The molecule has 0 unspecified atom stereocenters. The Morgan fingerprint density at radius 3 is 2.50 bits per heavy atom. The van der Waals surface area contributed by atoms with Gasteiger partial charge in [-0.05, 0) is 52.2 Å². The number of methoxy groups -OCH3 is 1. The Morgan fingerprint density at radius 1 is 1.18 bits per heavy atom. The molecule has 1 atom stereocenters. The number of halogens is 1. The van der Waals surface area contributed by atoms with Gasteiger partial charge in [0, 0.05) is 18.0 Å². The molecule has 0 saturated carbocycles. The van der Waals surface area contributed by atoms with Gasteiger partial charge in [-0.1, -0.05) is 19.0 Å². The van der Waals surface area contributed by atoms with Crippen molar-refractivity contribution in [2.45, 2.75) is 24.8 Å². The number of nitrogens with one attached hydrogen (secondary N) is 1. The van der Waals surface area contributed by atoms with Gasteiger partial charge in [-0.2, -0.15) is 9.71 Å². The van der Waals surface area contributed by atoms with E-state index in [1.807, 2.05) is 13.8 Å². The van der Waals surface area contributed by atoms with E-state index in [1.165, 1.54) is 19.2 Å². The van der Waals surface area contributed by atoms with Crippen LogP contribution in [0.15, 0.2) is 56.6 Å². The van der Waals surface area contributed by atoms with Crippen LogP contribution in [0.3, 0.4) is 0 Å². The van der Waals surface area contributed by atoms with E-state index < -0.39 is 16.1 Å². The molecule has 0 bridgehead atoms. The highest BCUT2D eigenvalue weighted by atomic mass is 79.9. The average Bonchev–Trinajstić information content (AvgIpc) is 3.16. The largest absolute Gasteiger partial charge is 0.496 e. The Labute approximate surface area is 171 Å². The Morgan fingerprint density at radius 2 is 1.89 bits per heavy atom. The van der Waals surface area contributed by atoms with Crippen molar-refractivity contribution < 1.29 is 17.7 Å². The van der Waals surface area contributed by atoms with Crippen molar-refractivity contribution in [3.63, 3.8) is 0 Å². The van der Waals surface area contributed by atoms with Crippen LogP contribution in [0, 0.1) is 5.92 Å². The van der Waals surface area contributed by atoms with E-state index in [4.69, 9.17) is 9.26 Å². The molecule has 0 aliphatic rings. The molecular weight excluding hydrogens is 448 g/mol. The lowest BCUT2D eigenvalue weighted by Gasteiger charge is -2.19. The predicted molar refractivity (Wildman–Crippen MR) is 106 cm³/mol. The van der Waals surface area contributed by atoms with Crippen LogP contribution in [0.2, 0.25) is 0 Å². The summed E-state index contributed by atoms with van der Waals surface area (Å²) in [6.45, 7) is 3.74. The van der Waals surface area contributed by atoms with Crippen molar-refractivity contribution in [1.82, 2.24) is 19.8 Å². The fraction of sp³-hybridized carbons (Fsp3) is 0.278. The van der Waals surface area contributed by atoms with Gasteiger partial charge in [0.2, 0.25) is 21.7 Å². The fourth-order valence-corrected chi connectivity index (χ4v) is 4.56. The van der Waals surface area contributed by atoms with Gasteiger partial charge in [0.25, 0.3) is 0 Å². The highest BCUT2D eigenvalue weighted by Gasteiger charge is 2.29. The molecule has 0 fully saturated rings. The van der Waals surface area contributed by atoms with Crippen molar-refractivity contribution in [3.8, 4) is 17.1 Å². The molecule has 0 saturated heterocycles. The fourth-order valence-electron chi connectivity index (χ4n) is 2.50. The molecule has 0 spiro atoms. The standard InChI is InChI=1S/C18H19BrN4O4S/c1-11(2)16(18-21-17(22-27-18)12-6-8-20-9-7-12)23-28(24,25)13-4-5-15(26-3)14(19)10-13/h4-11,16,23H,1-3H3/t16-/m1/s1. The number of hydrogen-bond acceptors (Lipinski definition) is 7. The van der Waals surface area contributed by atoms with E-state index in [9.17, 15) is 8.42 Å². The Kier molecular flexibility index (Phi) is 6.11. The second kappa shape index (κ2) is 8.38. The molecule has 10 heteroatoms. The lowest BCUT2D eigenvalue weighted by molar-refractivity contribution is 0.311. The van der Waals surface area contributed by atoms with Crippen LogP contribution in [-0.4, -0.2) is 30.7 Å². The molecule has 28 heavy (non-hydrogen) atoms. The van der Waals surface area contributed by atoms with Crippen molar-refractivity contribution in [3.05, 3.63) is 53.1 Å². The third-order valence-corrected chi connectivity index (χ3v) is 6.09. The molecular formula is C18H19BrN4O4S. The molecule has 148 valence electrons. The minimum atomic E-state index is -3.83. The van der Waals surface area contributed by atoms with E-state index in [0.29, 0.717) is 16.0 Å². The summed E-state index contributed by atoms with van der Waals surface area (Å²) in [7, 11) is -2.32. The smallest absolute Gasteiger partial charge is 0.245 e. The monoisotopic (exact) mass is 466 g/mol. The second-order valence-corrected chi connectivity index (χ2v) is 8.90. The quantitative estimate of drug-likeness (QED) is 0.566. The van der Waals surface area contributed by atoms with Crippen molar-refractivity contribution >= 4 is 26.0 Å². The summed E-state index contributed by atoms with van der Waals surface area (Å²) >= 11 is 3.31. The highest BCUT2D eigenvalue weighted by molar-refractivity contribution is 9.10. The molecule has 1 aromatic carbocycles. The molecule has 3 aromatic rings. The van der Waals surface area contributed by atoms with Crippen molar-refractivity contribution in [1.29, 1.82) is 0 Å². The van der Waals surface area contributed by atoms with Gasteiger partial charge in [0.1, 0.15) is 11.8 Å². The molecule has 0 radical (unpaired) electrons. The number of sulfonamides is 1. The zero-order valence-electron chi connectivity index (χ0n) is 15.5. The second-order valence-electron chi connectivity index (χ2n) is 6.33. The maximum absolute atomic E-state index is 12.9. The maximum Gasteiger partial charge on any atom is 0.245 e. The first-order valence-electron chi connectivity index (χ1n) is 8.41. The zero-order valence-corrected chi connectivity index (χ0v) is 17.9. The number of benzene rings is 1. The van der Waals surface area contributed by atoms with E-state index in [-0.39, 0.29) is 16.7 Å². The minimum Gasteiger partial charge on any atom is -0.496 e. The summed E-state index contributed by atoms with van der Waals surface area (Å²) in [6, 6.07) is 7.34. The first-order chi connectivity index (χ1) is 13.3. The number of rotatable bonds is 7. The molecule has 8 nitrogen and oxygen atoms in total. The number of ether oxygens (including phenoxy) is 1. The summed E-state index contributed by atoms with van der Waals surface area (Å²) in [6.07, 6.45) is 3.24. The van der Waals surface area contributed by atoms with Crippen LogP contribution in [0.5, 0.6) is 5.75 Å². The maximum atomic E-state index is 12.9. The molecule has 2 heterocycles. The molecule has 3 rings (SSSR count). The lowest BCUT2D eigenvalue weighted by Crippen LogP contribution is -2.32. The average molecular weight is 467 g/mol. The van der Waals surface area contributed by atoms with E-state index in [1.54, 1.807) is 30.6 Å². The van der Waals surface area contributed by atoms with Crippen LogP contribution >= 0.6 is 15.9 Å². The summed E-state index contributed by atoms with van der Waals surface area (Å²) in [5.74, 6) is 0.980. The SMILES string of the molecule is COc1ccc(S(=O)(=O)N[C@@H](c2nc(-c3ccncc3)no2)C(C)C)cc1Br. The summed E-state index contributed by atoms with van der Waals surface area (Å²) in [5, 5.41) is 3.96. The highest BCUT2D eigenvalue weighted by Crippen LogP contribution is 2.29. The third kappa shape index (κ3) is 4.40.